The van der Waals surface area contributed by atoms with Crippen LogP contribution in [0.4, 0.5) is 13.2 Å². The molecule has 24 heavy (non-hydrogen) atoms. The van der Waals surface area contributed by atoms with Gasteiger partial charge in [0.15, 0.2) is 5.49 Å². The topological polar surface area (TPSA) is 78.0 Å². The summed E-state index contributed by atoms with van der Waals surface area (Å²) >= 11 is 0. The lowest BCUT2D eigenvalue weighted by Crippen LogP contribution is -2.40. The molecule has 2 unspecified atom stereocenters. The van der Waals surface area contributed by atoms with E-state index in [1.54, 1.807) is 6.92 Å². The van der Waals surface area contributed by atoms with Crippen LogP contribution in [0, 0.1) is 24.7 Å². The molecule has 1 aliphatic rings. The third kappa shape index (κ3) is 3.45. The van der Waals surface area contributed by atoms with Gasteiger partial charge in [-0.25, -0.2) is 0 Å². The monoisotopic (exact) mass is 345 g/mol. The van der Waals surface area contributed by atoms with Crippen LogP contribution in [0.25, 0.3) is 0 Å². The van der Waals surface area contributed by atoms with Crippen molar-refractivity contribution < 1.29 is 17.9 Å². The van der Waals surface area contributed by atoms with Crippen LogP contribution in [0.15, 0.2) is 0 Å². The second kappa shape index (κ2) is 6.54. The number of hydrogen-bond donors (Lipinski definition) is 2. The third-order valence-electron chi connectivity index (χ3n) is 4.47. The van der Waals surface area contributed by atoms with E-state index < -0.39 is 17.5 Å². The highest BCUT2D eigenvalue weighted by molar-refractivity contribution is 5.85. The number of ether oxygens (including phenoxy) is 1. The number of hydrogen-bond acceptors (Lipinski definition) is 5. The molecular formula is C15H22F3N5O. The highest BCUT2D eigenvalue weighted by atomic mass is 19.4. The molecule has 2 atom stereocenters. The molecule has 2 rings (SSSR count). The van der Waals surface area contributed by atoms with Gasteiger partial charge >= 0.3 is 6.18 Å². The fourth-order valence-electron chi connectivity index (χ4n) is 2.84. The van der Waals surface area contributed by atoms with E-state index >= 15 is 0 Å². The van der Waals surface area contributed by atoms with Gasteiger partial charge < -0.3 is 4.74 Å². The molecule has 1 fully saturated rings. The Kier molecular flexibility index (Phi) is 5.03. The van der Waals surface area contributed by atoms with E-state index in [1.165, 1.54) is 6.92 Å². The number of likely N-dealkylation sites (N-methyl/N-ethyl adjacent to an activating group) is 1. The van der Waals surface area contributed by atoms with Crippen molar-refractivity contribution in [2.24, 2.45) is 0 Å². The lowest BCUT2D eigenvalue weighted by molar-refractivity contribution is -0.0633. The Morgan fingerprint density at radius 1 is 1.33 bits per heavy atom. The maximum atomic E-state index is 12.8. The van der Waals surface area contributed by atoms with E-state index in [0.717, 1.165) is 13.0 Å². The van der Waals surface area contributed by atoms with Crippen molar-refractivity contribution in [3.8, 4) is 5.88 Å². The maximum Gasteiger partial charge on any atom is 0.451 e. The first-order chi connectivity index (χ1) is 11.1. The van der Waals surface area contributed by atoms with Crippen molar-refractivity contribution >= 4 is 5.84 Å². The zero-order valence-corrected chi connectivity index (χ0v) is 14.2. The number of rotatable bonds is 3. The zero-order valence-electron chi connectivity index (χ0n) is 14.2. The predicted octanol–water partition coefficient (Wildman–Crippen LogP) is 2.23. The average Bonchev–Trinajstić information content (AvgIpc) is 2.86. The molecule has 0 amide bonds. The van der Waals surface area contributed by atoms with Crippen LogP contribution in [0.2, 0.25) is 0 Å². The lowest BCUT2D eigenvalue weighted by atomic mass is 10.2. The van der Waals surface area contributed by atoms with Crippen molar-refractivity contribution in [2.75, 3.05) is 13.1 Å². The summed E-state index contributed by atoms with van der Waals surface area (Å²) in [5, 5.41) is 18.9. The smallest absolute Gasteiger partial charge is 0.451 e. The molecule has 1 aromatic rings. The van der Waals surface area contributed by atoms with Crippen molar-refractivity contribution in [1.82, 2.24) is 14.7 Å². The molecule has 9 heteroatoms. The Labute approximate surface area is 138 Å². The highest BCUT2D eigenvalue weighted by Crippen LogP contribution is 2.24. The summed E-state index contributed by atoms with van der Waals surface area (Å²) in [5.74, 6) is -1.65. The summed E-state index contributed by atoms with van der Waals surface area (Å²) in [6, 6.07) is 0.331. The summed E-state index contributed by atoms with van der Waals surface area (Å²) in [4.78, 5) is 2.22. The Morgan fingerprint density at radius 2 is 1.96 bits per heavy atom. The molecule has 0 bridgehead atoms. The molecule has 2 heterocycles. The highest BCUT2D eigenvalue weighted by Gasteiger charge is 2.38. The first-order valence-corrected chi connectivity index (χ1v) is 7.78. The molecule has 1 aliphatic heterocycles. The Morgan fingerprint density at radius 3 is 2.46 bits per heavy atom. The first kappa shape index (κ1) is 18.4. The van der Waals surface area contributed by atoms with Crippen LogP contribution >= 0.6 is 0 Å². The van der Waals surface area contributed by atoms with Crippen LogP contribution in [0.5, 0.6) is 5.88 Å². The number of alkyl halides is 3. The molecule has 134 valence electrons. The number of halogens is 3. The normalized spacial score (nSPS) is 22.0. The van der Waals surface area contributed by atoms with Gasteiger partial charge in [0, 0.05) is 30.1 Å². The summed E-state index contributed by atoms with van der Waals surface area (Å²) < 4.78 is 44.6. The summed E-state index contributed by atoms with van der Waals surface area (Å²) in [6.07, 6.45) is -4.30. The summed E-state index contributed by atoms with van der Waals surface area (Å²) in [5.41, 5.74) is 0.373. The molecule has 1 aromatic heterocycles. The Hall–Kier alpha value is -1.90. The summed E-state index contributed by atoms with van der Waals surface area (Å²) in [7, 11) is 0. The van der Waals surface area contributed by atoms with E-state index in [0.29, 0.717) is 23.7 Å². The number of nitrogens with zero attached hydrogens (tertiary/aromatic N) is 3. The van der Waals surface area contributed by atoms with Crippen LogP contribution in [0.3, 0.4) is 0 Å². The van der Waals surface area contributed by atoms with Gasteiger partial charge in [0.2, 0.25) is 11.7 Å². The van der Waals surface area contributed by atoms with E-state index in [9.17, 15) is 13.2 Å². The van der Waals surface area contributed by atoms with Crippen LogP contribution < -0.4 is 10.2 Å². The predicted molar refractivity (Wildman–Crippen MR) is 82.5 cm³/mol. The van der Waals surface area contributed by atoms with E-state index in [-0.39, 0.29) is 16.7 Å². The SMILES string of the molecule is CCN1CC(Oc2nn(C(=N)C(F)(F)F)c(=N)c(C)c2C)CC1C. The maximum absolute atomic E-state index is 12.8. The van der Waals surface area contributed by atoms with Gasteiger partial charge in [0.1, 0.15) is 6.10 Å². The van der Waals surface area contributed by atoms with Crippen LogP contribution in [-0.2, 0) is 0 Å². The van der Waals surface area contributed by atoms with Crippen molar-refractivity contribution in [3.05, 3.63) is 16.6 Å². The Bertz CT molecular complexity index is 698. The van der Waals surface area contributed by atoms with Crippen LogP contribution in [-0.4, -0.2) is 51.9 Å². The van der Waals surface area contributed by atoms with Crippen molar-refractivity contribution in [3.63, 3.8) is 0 Å². The molecule has 0 saturated carbocycles. The van der Waals surface area contributed by atoms with Crippen molar-refractivity contribution in [2.45, 2.75) is 52.4 Å². The molecule has 0 radical (unpaired) electrons. The third-order valence-corrected chi connectivity index (χ3v) is 4.47. The van der Waals surface area contributed by atoms with Crippen LogP contribution in [0.1, 0.15) is 31.4 Å². The van der Waals surface area contributed by atoms with Gasteiger partial charge in [-0.2, -0.15) is 17.9 Å². The van der Waals surface area contributed by atoms with Gasteiger partial charge in [0.25, 0.3) is 0 Å². The Balaban J connectivity index is 2.36. The second-order valence-electron chi connectivity index (χ2n) is 6.07. The molecule has 0 aliphatic carbocycles. The lowest BCUT2D eigenvalue weighted by Gasteiger charge is -2.19. The van der Waals surface area contributed by atoms with E-state index in [4.69, 9.17) is 15.6 Å². The van der Waals surface area contributed by atoms with Gasteiger partial charge in [0.05, 0.1) is 0 Å². The molecule has 6 nitrogen and oxygen atoms in total. The fraction of sp³-hybridized carbons (Fsp3) is 0.667. The average molecular weight is 345 g/mol. The zero-order chi connectivity index (χ0) is 18.2. The van der Waals surface area contributed by atoms with Gasteiger partial charge in [-0.15, -0.1) is 5.10 Å². The standard InChI is InChI=1S/C15H22F3N5O/c1-5-22-7-11(6-8(22)2)24-13-10(4)9(3)12(19)23(21-13)14(20)15(16,17)18/h8,11,19-20H,5-7H2,1-4H3. The van der Waals surface area contributed by atoms with E-state index in [1.807, 2.05) is 6.92 Å². The van der Waals surface area contributed by atoms with Crippen molar-refractivity contribution in [1.29, 1.82) is 10.8 Å². The molecule has 1 saturated heterocycles. The fourth-order valence-corrected chi connectivity index (χ4v) is 2.84. The quantitative estimate of drug-likeness (QED) is 0.651. The van der Waals surface area contributed by atoms with E-state index in [2.05, 4.69) is 16.9 Å². The molecule has 2 N–H and O–H groups in total. The van der Waals surface area contributed by atoms with Gasteiger partial charge in [-0.1, -0.05) is 6.92 Å². The number of aromatic nitrogens is 2. The second-order valence-corrected chi connectivity index (χ2v) is 6.07. The van der Waals surface area contributed by atoms with Gasteiger partial charge in [-0.3, -0.25) is 15.7 Å². The largest absolute Gasteiger partial charge is 0.472 e. The molecular weight excluding hydrogens is 323 g/mol. The number of nitrogens with one attached hydrogen (secondary N) is 2. The first-order valence-electron chi connectivity index (χ1n) is 7.78. The minimum atomic E-state index is -4.88. The number of likely N-dealkylation sites (tertiary alicyclic amines) is 1. The molecule has 0 spiro atoms. The van der Waals surface area contributed by atoms with Gasteiger partial charge in [-0.05, 0) is 27.3 Å². The minimum absolute atomic E-state index is 0.0488. The minimum Gasteiger partial charge on any atom is -0.472 e. The summed E-state index contributed by atoms with van der Waals surface area (Å²) in [6.45, 7) is 8.86. The molecule has 0 aromatic carbocycles.